The van der Waals surface area contributed by atoms with Gasteiger partial charge < -0.3 is 5.32 Å². The van der Waals surface area contributed by atoms with Gasteiger partial charge in [-0.2, -0.15) is 5.26 Å². The predicted molar refractivity (Wildman–Crippen MR) is 72.1 cm³/mol. The molecule has 0 aliphatic heterocycles. The Bertz CT molecular complexity index is 472. The van der Waals surface area contributed by atoms with Crippen LogP contribution in [0.25, 0.3) is 0 Å². The Kier molecular flexibility index (Phi) is 4.03. The van der Waals surface area contributed by atoms with E-state index in [1.807, 2.05) is 13.8 Å². The summed E-state index contributed by atoms with van der Waals surface area (Å²) in [5.41, 5.74) is 1.25. The third kappa shape index (κ3) is 2.56. The molecule has 1 aromatic heterocycles. The van der Waals surface area contributed by atoms with Crippen molar-refractivity contribution in [2.45, 2.75) is 39.2 Å². The van der Waals surface area contributed by atoms with Crippen LogP contribution in [0.3, 0.4) is 0 Å². The Morgan fingerprint density at radius 1 is 1.61 bits per heavy atom. The van der Waals surface area contributed by atoms with E-state index in [4.69, 9.17) is 5.26 Å². The van der Waals surface area contributed by atoms with Crippen LogP contribution in [0.4, 0.5) is 0 Å². The summed E-state index contributed by atoms with van der Waals surface area (Å²) in [5.74, 6) is -0.619. The standard InChI is InChI=1S/C14H18N2OS/c1-9(2)11(8-15)14(17)16-12-4-3-5-13-10(12)6-7-18-13/h6-7,9,11-12H,3-5H2,1-2H3,(H,16,17). The highest BCUT2D eigenvalue weighted by atomic mass is 32.1. The van der Waals surface area contributed by atoms with Crippen LogP contribution in [-0.4, -0.2) is 5.91 Å². The SMILES string of the molecule is CC(C)C(C#N)C(=O)NC1CCCc2sccc21. The monoisotopic (exact) mass is 262 g/mol. The lowest BCUT2D eigenvalue weighted by molar-refractivity contribution is -0.125. The summed E-state index contributed by atoms with van der Waals surface area (Å²) in [6.07, 6.45) is 3.20. The van der Waals surface area contributed by atoms with Gasteiger partial charge in [-0.1, -0.05) is 13.8 Å². The number of nitrogens with zero attached hydrogens (tertiary/aromatic N) is 1. The van der Waals surface area contributed by atoms with E-state index in [0.717, 1.165) is 19.3 Å². The fraction of sp³-hybridized carbons (Fsp3) is 0.571. The van der Waals surface area contributed by atoms with Crippen molar-refractivity contribution in [1.29, 1.82) is 5.26 Å². The number of fused-ring (bicyclic) bond motifs is 1. The molecule has 0 aromatic carbocycles. The van der Waals surface area contributed by atoms with Crippen LogP contribution in [0.2, 0.25) is 0 Å². The number of amides is 1. The van der Waals surface area contributed by atoms with Gasteiger partial charge >= 0.3 is 0 Å². The summed E-state index contributed by atoms with van der Waals surface area (Å²) in [6.45, 7) is 3.81. The van der Waals surface area contributed by atoms with Crippen LogP contribution in [0.15, 0.2) is 11.4 Å². The smallest absolute Gasteiger partial charge is 0.238 e. The number of carbonyl (C=O) groups is 1. The molecule has 1 aliphatic carbocycles. The van der Waals surface area contributed by atoms with Crippen molar-refractivity contribution in [2.75, 3.05) is 0 Å². The maximum atomic E-state index is 12.1. The molecule has 0 bridgehead atoms. The van der Waals surface area contributed by atoms with E-state index in [2.05, 4.69) is 22.8 Å². The van der Waals surface area contributed by atoms with Gasteiger partial charge in [0, 0.05) is 4.88 Å². The first-order valence-electron chi connectivity index (χ1n) is 6.39. The molecular formula is C14H18N2OS. The third-order valence-electron chi connectivity index (χ3n) is 3.46. The van der Waals surface area contributed by atoms with Gasteiger partial charge in [0.05, 0.1) is 12.1 Å². The normalized spacial score (nSPS) is 20.0. The summed E-state index contributed by atoms with van der Waals surface area (Å²) < 4.78 is 0. The maximum Gasteiger partial charge on any atom is 0.238 e. The molecule has 0 fully saturated rings. The minimum absolute atomic E-state index is 0.0561. The highest BCUT2D eigenvalue weighted by Crippen LogP contribution is 2.33. The Morgan fingerprint density at radius 2 is 2.39 bits per heavy atom. The minimum Gasteiger partial charge on any atom is -0.348 e. The number of carbonyl (C=O) groups excluding carboxylic acids is 1. The molecule has 1 aliphatic rings. The Balaban J connectivity index is 2.08. The zero-order chi connectivity index (χ0) is 13.1. The molecule has 0 spiro atoms. The lowest BCUT2D eigenvalue weighted by Crippen LogP contribution is -2.36. The molecule has 1 N–H and O–H groups in total. The fourth-order valence-electron chi connectivity index (χ4n) is 2.41. The van der Waals surface area contributed by atoms with Crippen molar-refractivity contribution in [3.8, 4) is 6.07 Å². The average molecular weight is 262 g/mol. The maximum absolute atomic E-state index is 12.1. The van der Waals surface area contributed by atoms with Gasteiger partial charge in [0.15, 0.2) is 0 Å². The van der Waals surface area contributed by atoms with Crippen LogP contribution >= 0.6 is 11.3 Å². The first-order valence-corrected chi connectivity index (χ1v) is 7.27. The van der Waals surface area contributed by atoms with Crippen molar-refractivity contribution in [3.05, 3.63) is 21.9 Å². The lowest BCUT2D eigenvalue weighted by Gasteiger charge is -2.25. The highest BCUT2D eigenvalue weighted by molar-refractivity contribution is 7.10. The van der Waals surface area contributed by atoms with Crippen molar-refractivity contribution < 1.29 is 4.79 Å². The number of nitrogens with one attached hydrogen (secondary N) is 1. The molecule has 96 valence electrons. The van der Waals surface area contributed by atoms with Crippen molar-refractivity contribution >= 4 is 17.2 Å². The van der Waals surface area contributed by atoms with Gasteiger partial charge in [-0.25, -0.2) is 0 Å². The first kappa shape index (κ1) is 13.1. The van der Waals surface area contributed by atoms with Gasteiger partial charge in [0.25, 0.3) is 0 Å². The molecule has 1 amide bonds. The molecule has 18 heavy (non-hydrogen) atoms. The molecule has 0 saturated heterocycles. The molecule has 4 heteroatoms. The Hall–Kier alpha value is -1.34. The van der Waals surface area contributed by atoms with Crippen molar-refractivity contribution in [3.63, 3.8) is 0 Å². The average Bonchev–Trinajstić information content (AvgIpc) is 2.78. The Labute approximate surface area is 112 Å². The first-order chi connectivity index (χ1) is 8.63. The second kappa shape index (κ2) is 5.53. The summed E-state index contributed by atoms with van der Waals surface area (Å²) in [5, 5.41) is 14.2. The lowest BCUT2D eigenvalue weighted by atomic mass is 9.92. The molecule has 1 aromatic rings. The van der Waals surface area contributed by atoms with E-state index in [1.54, 1.807) is 11.3 Å². The zero-order valence-corrected chi connectivity index (χ0v) is 11.6. The van der Waals surface area contributed by atoms with Crippen LogP contribution in [0, 0.1) is 23.2 Å². The summed E-state index contributed by atoms with van der Waals surface area (Å²) in [4.78, 5) is 13.5. The predicted octanol–water partition coefficient (Wildman–Crippen LogP) is 3.04. The topological polar surface area (TPSA) is 52.9 Å². The van der Waals surface area contributed by atoms with Crippen molar-refractivity contribution in [2.24, 2.45) is 11.8 Å². The van der Waals surface area contributed by atoms with Crippen LogP contribution in [0.5, 0.6) is 0 Å². The number of thiophene rings is 1. The van der Waals surface area contributed by atoms with E-state index in [-0.39, 0.29) is 17.9 Å². The molecular weight excluding hydrogens is 244 g/mol. The van der Waals surface area contributed by atoms with E-state index in [0.29, 0.717) is 0 Å². The van der Waals surface area contributed by atoms with Gasteiger partial charge in [-0.3, -0.25) is 4.79 Å². The van der Waals surface area contributed by atoms with Gasteiger partial charge in [0.2, 0.25) is 5.91 Å². The molecule has 3 nitrogen and oxygen atoms in total. The number of aryl methyl sites for hydroxylation is 1. The molecule has 1 heterocycles. The van der Waals surface area contributed by atoms with Gasteiger partial charge in [-0.15, -0.1) is 11.3 Å². The quantitative estimate of drug-likeness (QED) is 0.910. The zero-order valence-electron chi connectivity index (χ0n) is 10.8. The summed E-state index contributed by atoms with van der Waals surface area (Å²) in [7, 11) is 0. The fourth-order valence-corrected chi connectivity index (χ4v) is 3.40. The summed E-state index contributed by atoms with van der Waals surface area (Å²) >= 11 is 1.76. The van der Waals surface area contributed by atoms with Crippen LogP contribution in [0.1, 0.15) is 43.2 Å². The molecule has 2 rings (SSSR count). The minimum atomic E-state index is -0.547. The highest BCUT2D eigenvalue weighted by Gasteiger charge is 2.27. The van der Waals surface area contributed by atoms with Crippen LogP contribution in [-0.2, 0) is 11.2 Å². The number of hydrogen-bond donors (Lipinski definition) is 1. The molecule has 2 unspecified atom stereocenters. The largest absolute Gasteiger partial charge is 0.348 e. The number of hydrogen-bond acceptors (Lipinski definition) is 3. The van der Waals surface area contributed by atoms with Crippen LogP contribution < -0.4 is 5.32 Å². The number of nitriles is 1. The Morgan fingerprint density at radius 3 is 3.06 bits per heavy atom. The second-order valence-electron chi connectivity index (χ2n) is 5.10. The summed E-state index contributed by atoms with van der Waals surface area (Å²) in [6, 6.07) is 4.30. The van der Waals surface area contributed by atoms with Gasteiger partial charge in [-0.05, 0) is 42.2 Å². The van der Waals surface area contributed by atoms with Crippen molar-refractivity contribution in [1.82, 2.24) is 5.32 Å². The second-order valence-corrected chi connectivity index (χ2v) is 6.10. The van der Waals surface area contributed by atoms with E-state index < -0.39 is 5.92 Å². The number of rotatable bonds is 3. The molecule has 0 saturated carbocycles. The van der Waals surface area contributed by atoms with Gasteiger partial charge in [0.1, 0.15) is 5.92 Å². The third-order valence-corrected chi connectivity index (χ3v) is 4.45. The van der Waals surface area contributed by atoms with E-state index >= 15 is 0 Å². The molecule has 2 atom stereocenters. The molecule has 0 radical (unpaired) electrons. The van der Waals surface area contributed by atoms with E-state index in [1.165, 1.54) is 10.4 Å². The van der Waals surface area contributed by atoms with E-state index in [9.17, 15) is 4.79 Å².